The summed E-state index contributed by atoms with van der Waals surface area (Å²) in [6.45, 7) is 5.48. The van der Waals surface area contributed by atoms with Crippen molar-refractivity contribution in [2.75, 3.05) is 13.2 Å². The monoisotopic (exact) mass is 254 g/mol. The second-order valence-corrected chi connectivity index (χ2v) is 4.16. The highest BCUT2D eigenvalue weighted by molar-refractivity contribution is 5.47. The lowest BCUT2D eigenvalue weighted by atomic mass is 10.1. The zero-order valence-electron chi connectivity index (χ0n) is 10.9. The summed E-state index contributed by atoms with van der Waals surface area (Å²) in [5.74, 6) is 0.876. The summed E-state index contributed by atoms with van der Waals surface area (Å²) in [5, 5.41) is 0. The zero-order valence-corrected chi connectivity index (χ0v) is 10.9. The minimum Gasteiger partial charge on any atom is -0.491 e. The van der Waals surface area contributed by atoms with Crippen LogP contribution in [0.2, 0.25) is 0 Å². The second-order valence-electron chi connectivity index (χ2n) is 4.16. The van der Waals surface area contributed by atoms with E-state index in [1.54, 1.807) is 0 Å². The molecule has 19 heavy (non-hydrogen) atoms. The smallest absolute Gasteiger partial charge is 0.119 e. The fraction of sp³-hybridized carbons (Fsp3) is 0.176. The van der Waals surface area contributed by atoms with E-state index in [2.05, 4.69) is 18.7 Å². The number of benzene rings is 2. The van der Waals surface area contributed by atoms with Gasteiger partial charge in [0.15, 0.2) is 0 Å². The van der Waals surface area contributed by atoms with Gasteiger partial charge >= 0.3 is 0 Å². The van der Waals surface area contributed by atoms with Gasteiger partial charge in [-0.1, -0.05) is 55.1 Å². The maximum Gasteiger partial charge on any atom is 0.119 e. The predicted octanol–water partition coefficient (Wildman–Crippen LogP) is 3.93. The van der Waals surface area contributed by atoms with E-state index in [1.165, 1.54) is 0 Å². The van der Waals surface area contributed by atoms with Gasteiger partial charge in [-0.15, -0.1) is 0 Å². The van der Waals surface area contributed by atoms with E-state index in [4.69, 9.17) is 9.47 Å². The Labute approximate surface area is 114 Å². The third kappa shape index (κ3) is 4.60. The van der Waals surface area contributed by atoms with Crippen molar-refractivity contribution in [1.29, 1.82) is 0 Å². The average molecular weight is 254 g/mol. The Morgan fingerprint density at radius 1 is 0.895 bits per heavy atom. The van der Waals surface area contributed by atoms with Crippen molar-refractivity contribution in [3.8, 4) is 5.75 Å². The van der Waals surface area contributed by atoms with Crippen LogP contribution in [0.15, 0.2) is 61.2 Å². The number of para-hydroxylation sites is 1. The zero-order chi connectivity index (χ0) is 13.3. The Balaban J connectivity index is 1.65. The van der Waals surface area contributed by atoms with E-state index in [1.807, 2.05) is 48.5 Å². The van der Waals surface area contributed by atoms with Crippen molar-refractivity contribution < 1.29 is 9.47 Å². The van der Waals surface area contributed by atoms with Crippen LogP contribution < -0.4 is 4.74 Å². The molecule has 0 N–H and O–H groups in total. The second kappa shape index (κ2) is 7.39. The van der Waals surface area contributed by atoms with Crippen LogP contribution in [0.25, 0.3) is 6.08 Å². The highest BCUT2D eigenvalue weighted by atomic mass is 16.5. The van der Waals surface area contributed by atoms with Crippen LogP contribution in [-0.2, 0) is 11.3 Å². The molecule has 0 fully saturated rings. The highest BCUT2D eigenvalue weighted by Gasteiger charge is 1.95. The van der Waals surface area contributed by atoms with E-state index in [0.29, 0.717) is 19.8 Å². The molecule has 0 saturated heterocycles. The molecule has 2 aromatic carbocycles. The summed E-state index contributed by atoms with van der Waals surface area (Å²) in [6.07, 6.45) is 1.83. The molecule has 0 aliphatic carbocycles. The van der Waals surface area contributed by atoms with Gasteiger partial charge in [0, 0.05) is 0 Å². The van der Waals surface area contributed by atoms with Gasteiger partial charge in [0.1, 0.15) is 12.4 Å². The molecule has 0 unspecified atom stereocenters. The Hall–Kier alpha value is -2.06. The Morgan fingerprint density at radius 3 is 2.32 bits per heavy atom. The van der Waals surface area contributed by atoms with Crippen LogP contribution in [0.5, 0.6) is 5.75 Å². The molecular weight excluding hydrogens is 236 g/mol. The van der Waals surface area contributed by atoms with Crippen LogP contribution in [0.3, 0.4) is 0 Å². The molecule has 0 amide bonds. The van der Waals surface area contributed by atoms with Gasteiger partial charge in [0.25, 0.3) is 0 Å². The van der Waals surface area contributed by atoms with E-state index >= 15 is 0 Å². The van der Waals surface area contributed by atoms with Crippen LogP contribution in [0.1, 0.15) is 11.1 Å². The molecule has 2 aromatic rings. The molecule has 0 bridgehead atoms. The lowest BCUT2D eigenvalue weighted by molar-refractivity contribution is 0.0889. The SMILES string of the molecule is C=Cc1ccc(COCCOc2ccccc2)cc1. The lowest BCUT2D eigenvalue weighted by Crippen LogP contribution is -2.06. The van der Waals surface area contributed by atoms with Crippen LogP contribution >= 0.6 is 0 Å². The predicted molar refractivity (Wildman–Crippen MR) is 78.1 cm³/mol. The largest absolute Gasteiger partial charge is 0.491 e. The third-order valence-electron chi connectivity index (χ3n) is 2.72. The first-order valence-electron chi connectivity index (χ1n) is 6.35. The van der Waals surface area contributed by atoms with Crippen LogP contribution in [0, 0.1) is 0 Å². The van der Waals surface area contributed by atoms with Crippen molar-refractivity contribution in [1.82, 2.24) is 0 Å². The van der Waals surface area contributed by atoms with Crippen molar-refractivity contribution in [3.05, 3.63) is 72.3 Å². The molecule has 98 valence electrons. The van der Waals surface area contributed by atoms with Crippen molar-refractivity contribution in [2.24, 2.45) is 0 Å². The summed E-state index contributed by atoms with van der Waals surface area (Å²) in [4.78, 5) is 0. The molecule has 0 atom stereocenters. The van der Waals surface area contributed by atoms with Crippen molar-refractivity contribution in [2.45, 2.75) is 6.61 Å². The normalized spacial score (nSPS) is 10.1. The molecule has 0 spiro atoms. The molecule has 0 radical (unpaired) electrons. The fourth-order valence-corrected chi connectivity index (χ4v) is 1.68. The minimum absolute atomic E-state index is 0.564. The first-order valence-corrected chi connectivity index (χ1v) is 6.35. The number of hydrogen-bond acceptors (Lipinski definition) is 2. The van der Waals surface area contributed by atoms with E-state index in [9.17, 15) is 0 Å². The Bertz CT molecular complexity index is 488. The lowest BCUT2D eigenvalue weighted by Gasteiger charge is -2.07. The van der Waals surface area contributed by atoms with Gasteiger partial charge in [0.2, 0.25) is 0 Å². The standard InChI is InChI=1S/C17H18O2/c1-2-15-8-10-16(11-9-15)14-18-12-13-19-17-6-4-3-5-7-17/h2-11H,1,12-14H2. The quantitative estimate of drug-likeness (QED) is 0.697. The number of hydrogen-bond donors (Lipinski definition) is 0. The summed E-state index contributed by atoms with van der Waals surface area (Å²) in [6, 6.07) is 17.9. The van der Waals surface area contributed by atoms with Gasteiger partial charge in [-0.25, -0.2) is 0 Å². The van der Waals surface area contributed by atoms with Gasteiger partial charge in [-0.3, -0.25) is 0 Å². The van der Waals surface area contributed by atoms with Crippen LogP contribution in [0.4, 0.5) is 0 Å². The summed E-state index contributed by atoms with van der Waals surface area (Å²) < 4.78 is 11.1. The third-order valence-corrected chi connectivity index (χ3v) is 2.72. The maximum absolute atomic E-state index is 5.56. The summed E-state index contributed by atoms with van der Waals surface area (Å²) >= 11 is 0. The average Bonchev–Trinajstić information content (AvgIpc) is 2.49. The summed E-state index contributed by atoms with van der Waals surface area (Å²) in [7, 11) is 0. The molecular formula is C17H18O2. The molecule has 0 aromatic heterocycles. The minimum atomic E-state index is 0.564. The maximum atomic E-state index is 5.56. The van der Waals surface area contributed by atoms with E-state index in [0.717, 1.165) is 16.9 Å². The van der Waals surface area contributed by atoms with E-state index in [-0.39, 0.29) is 0 Å². The Morgan fingerprint density at radius 2 is 1.63 bits per heavy atom. The molecule has 2 nitrogen and oxygen atoms in total. The molecule has 2 rings (SSSR count). The summed E-state index contributed by atoms with van der Waals surface area (Å²) in [5.41, 5.74) is 2.28. The van der Waals surface area contributed by atoms with Gasteiger partial charge in [-0.05, 0) is 23.3 Å². The molecule has 0 heterocycles. The molecule has 2 heteroatoms. The number of rotatable bonds is 7. The topological polar surface area (TPSA) is 18.5 Å². The molecule has 0 aliphatic rings. The van der Waals surface area contributed by atoms with Crippen LogP contribution in [-0.4, -0.2) is 13.2 Å². The Kier molecular flexibility index (Phi) is 5.20. The van der Waals surface area contributed by atoms with Crippen molar-refractivity contribution in [3.63, 3.8) is 0 Å². The fourth-order valence-electron chi connectivity index (χ4n) is 1.68. The van der Waals surface area contributed by atoms with Gasteiger partial charge < -0.3 is 9.47 Å². The highest BCUT2D eigenvalue weighted by Crippen LogP contribution is 2.09. The molecule has 0 saturated carbocycles. The number of ether oxygens (including phenoxy) is 2. The van der Waals surface area contributed by atoms with Crippen molar-refractivity contribution >= 4 is 6.08 Å². The van der Waals surface area contributed by atoms with E-state index < -0.39 is 0 Å². The molecule has 0 aliphatic heterocycles. The van der Waals surface area contributed by atoms with Gasteiger partial charge in [0.05, 0.1) is 13.2 Å². The van der Waals surface area contributed by atoms with Gasteiger partial charge in [-0.2, -0.15) is 0 Å². The first-order chi connectivity index (χ1) is 9.38. The first kappa shape index (κ1) is 13.4.